The fourth-order valence-electron chi connectivity index (χ4n) is 6.34. The first kappa shape index (κ1) is 22.4. The van der Waals surface area contributed by atoms with Crippen LogP contribution in [-0.4, -0.2) is 28.9 Å². The van der Waals surface area contributed by atoms with Gasteiger partial charge in [0.1, 0.15) is 5.82 Å². The van der Waals surface area contributed by atoms with Gasteiger partial charge in [-0.3, -0.25) is 14.4 Å². The van der Waals surface area contributed by atoms with Gasteiger partial charge in [0, 0.05) is 16.5 Å². The number of ether oxygens (including phenoxy) is 1. The van der Waals surface area contributed by atoms with Crippen molar-refractivity contribution < 1.29 is 23.5 Å². The van der Waals surface area contributed by atoms with Gasteiger partial charge in [-0.1, -0.05) is 24.3 Å². The first-order valence-corrected chi connectivity index (χ1v) is 11.8. The lowest BCUT2D eigenvalue weighted by Crippen LogP contribution is -2.44. The van der Waals surface area contributed by atoms with E-state index in [-0.39, 0.29) is 18.2 Å². The molecule has 3 saturated heterocycles. The van der Waals surface area contributed by atoms with Crippen LogP contribution in [0, 0.1) is 29.0 Å². The number of hydrogen-bond acceptors (Lipinski definition) is 5. The lowest BCUT2D eigenvalue weighted by Gasteiger charge is -2.30. The van der Waals surface area contributed by atoms with Crippen molar-refractivity contribution in [3.8, 4) is 6.07 Å². The maximum atomic E-state index is 13.9. The second-order valence-electron chi connectivity index (χ2n) is 9.97. The van der Waals surface area contributed by atoms with Crippen LogP contribution in [0.15, 0.2) is 60.7 Å². The summed E-state index contributed by atoms with van der Waals surface area (Å²) < 4.78 is 19.6. The summed E-state index contributed by atoms with van der Waals surface area (Å²) in [7, 11) is 0. The molecule has 3 aliphatic heterocycles. The Bertz CT molecular complexity index is 1500. The highest BCUT2D eigenvalue weighted by atomic mass is 19.1. The molecule has 3 heterocycles. The molecule has 1 N–H and O–H groups in total. The molecule has 2 unspecified atom stereocenters. The van der Waals surface area contributed by atoms with Crippen molar-refractivity contribution in [3.63, 3.8) is 0 Å². The molecular formula is C28H22FN3O4. The smallest absolute Gasteiger partial charge is 0.240 e. The molecule has 3 aromatic carbocycles. The van der Waals surface area contributed by atoms with E-state index in [4.69, 9.17) is 4.74 Å². The maximum Gasteiger partial charge on any atom is 0.240 e. The van der Waals surface area contributed by atoms with Gasteiger partial charge in [0.2, 0.25) is 17.7 Å². The zero-order valence-electron chi connectivity index (χ0n) is 19.5. The average molecular weight is 483 g/mol. The molecule has 4 atom stereocenters. The van der Waals surface area contributed by atoms with E-state index in [2.05, 4.69) is 11.4 Å². The van der Waals surface area contributed by atoms with E-state index >= 15 is 0 Å². The number of rotatable bonds is 4. The van der Waals surface area contributed by atoms with Crippen LogP contribution >= 0.6 is 0 Å². The number of hydrogen-bond donors (Lipinski definition) is 1. The molecule has 7 nitrogen and oxygen atoms in total. The van der Waals surface area contributed by atoms with E-state index in [1.807, 2.05) is 6.92 Å². The van der Waals surface area contributed by atoms with Gasteiger partial charge in [-0.05, 0) is 56.2 Å². The Labute approximate surface area is 206 Å². The van der Waals surface area contributed by atoms with E-state index < -0.39 is 34.8 Å². The Morgan fingerprint density at radius 1 is 1.06 bits per heavy atom. The van der Waals surface area contributed by atoms with Crippen molar-refractivity contribution in [1.82, 2.24) is 0 Å². The second-order valence-corrected chi connectivity index (χ2v) is 9.97. The Morgan fingerprint density at radius 3 is 2.47 bits per heavy atom. The molecule has 180 valence electrons. The lowest BCUT2D eigenvalue weighted by molar-refractivity contribution is -0.133. The number of nitrogens with one attached hydrogen (secondary N) is 1. The predicted molar refractivity (Wildman–Crippen MR) is 129 cm³/mol. The topological polar surface area (TPSA) is 99.5 Å². The number of anilines is 2. The molecule has 0 radical (unpaired) electrons. The van der Waals surface area contributed by atoms with Crippen molar-refractivity contribution in [1.29, 1.82) is 5.26 Å². The zero-order chi connectivity index (χ0) is 25.2. The zero-order valence-corrected chi connectivity index (χ0v) is 19.5. The van der Waals surface area contributed by atoms with Gasteiger partial charge in [-0.15, -0.1) is 0 Å². The van der Waals surface area contributed by atoms with Gasteiger partial charge in [0.15, 0.2) is 0 Å². The minimum Gasteiger partial charge on any atom is -0.367 e. The van der Waals surface area contributed by atoms with Crippen LogP contribution in [0.25, 0.3) is 10.8 Å². The summed E-state index contributed by atoms with van der Waals surface area (Å²) in [5.41, 5.74) is -0.633. The highest BCUT2D eigenvalue weighted by Crippen LogP contribution is 2.62. The second kappa shape index (κ2) is 7.70. The molecule has 6 rings (SSSR count). The fourth-order valence-corrected chi connectivity index (χ4v) is 6.34. The van der Waals surface area contributed by atoms with Crippen LogP contribution in [0.2, 0.25) is 0 Å². The number of carbonyl (C=O) groups excluding carboxylic acids is 3. The van der Waals surface area contributed by atoms with Gasteiger partial charge in [0.05, 0.1) is 46.8 Å². The SMILES string of the molecule is CC12CCC(CC(=O)Nc3ccc(F)cc3)(O1)[C@H]1C(=O)N(c3ccc(C#N)c4ccccc34)C(=O)[C@H]12. The summed E-state index contributed by atoms with van der Waals surface area (Å²) in [6.45, 7) is 1.84. The van der Waals surface area contributed by atoms with E-state index in [1.165, 1.54) is 29.2 Å². The van der Waals surface area contributed by atoms with Gasteiger partial charge in [-0.25, -0.2) is 9.29 Å². The van der Waals surface area contributed by atoms with Crippen molar-refractivity contribution >= 4 is 39.9 Å². The third-order valence-corrected chi connectivity index (χ3v) is 7.86. The number of nitrogens with zero attached hydrogens (tertiary/aromatic N) is 2. The van der Waals surface area contributed by atoms with Crippen LogP contribution in [0.1, 0.15) is 31.7 Å². The minimum atomic E-state index is -1.10. The first-order chi connectivity index (χ1) is 17.3. The first-order valence-electron chi connectivity index (χ1n) is 11.8. The highest BCUT2D eigenvalue weighted by Gasteiger charge is 2.74. The van der Waals surface area contributed by atoms with Crippen LogP contribution in [-0.2, 0) is 19.1 Å². The molecule has 0 saturated carbocycles. The largest absolute Gasteiger partial charge is 0.367 e. The summed E-state index contributed by atoms with van der Waals surface area (Å²) in [5, 5.41) is 13.6. The molecule has 3 aliphatic rings. The number of imide groups is 1. The summed E-state index contributed by atoms with van der Waals surface area (Å²) in [6.07, 6.45) is 0.934. The Hall–Kier alpha value is -4.09. The number of fused-ring (bicyclic) bond motifs is 6. The van der Waals surface area contributed by atoms with Gasteiger partial charge >= 0.3 is 0 Å². The molecule has 8 heteroatoms. The summed E-state index contributed by atoms with van der Waals surface area (Å²) in [4.78, 5) is 41.9. The molecule has 3 aromatic rings. The molecule has 0 aromatic heterocycles. The third-order valence-electron chi connectivity index (χ3n) is 7.86. The maximum absolute atomic E-state index is 13.9. The molecular weight excluding hydrogens is 461 g/mol. The summed E-state index contributed by atoms with van der Waals surface area (Å²) in [5.74, 6) is -3.01. The van der Waals surface area contributed by atoms with Crippen molar-refractivity contribution in [2.45, 2.75) is 37.4 Å². The lowest BCUT2D eigenvalue weighted by atomic mass is 9.67. The van der Waals surface area contributed by atoms with Crippen LogP contribution in [0.3, 0.4) is 0 Å². The number of amides is 3. The van der Waals surface area contributed by atoms with Crippen molar-refractivity contribution in [2.24, 2.45) is 11.8 Å². The van der Waals surface area contributed by atoms with Crippen molar-refractivity contribution in [3.05, 3.63) is 72.0 Å². The van der Waals surface area contributed by atoms with Gasteiger partial charge in [-0.2, -0.15) is 5.26 Å². The average Bonchev–Trinajstić information content (AvgIpc) is 3.44. The highest BCUT2D eigenvalue weighted by molar-refractivity contribution is 6.26. The van der Waals surface area contributed by atoms with Gasteiger partial charge in [0.25, 0.3) is 0 Å². The van der Waals surface area contributed by atoms with E-state index in [0.717, 1.165) is 0 Å². The summed E-state index contributed by atoms with van der Waals surface area (Å²) in [6, 6.07) is 18.0. The Morgan fingerprint density at radius 2 is 1.75 bits per heavy atom. The molecule has 2 bridgehead atoms. The van der Waals surface area contributed by atoms with Gasteiger partial charge < -0.3 is 10.1 Å². The summed E-state index contributed by atoms with van der Waals surface area (Å²) >= 11 is 0. The van der Waals surface area contributed by atoms with E-state index in [9.17, 15) is 24.0 Å². The molecule has 0 spiro atoms. The molecule has 0 aliphatic carbocycles. The van der Waals surface area contributed by atoms with E-state index in [1.54, 1.807) is 36.4 Å². The molecule has 3 amide bonds. The minimum absolute atomic E-state index is 0.0951. The molecule has 36 heavy (non-hydrogen) atoms. The predicted octanol–water partition coefficient (Wildman–Crippen LogP) is 4.31. The quantitative estimate of drug-likeness (QED) is 0.558. The normalized spacial score (nSPS) is 28.4. The number of benzene rings is 3. The number of halogens is 1. The number of carbonyl (C=O) groups is 3. The Kier molecular flexibility index (Phi) is 4.79. The number of nitriles is 1. The fraction of sp³-hybridized carbons (Fsp3) is 0.286. The Balaban J connectivity index is 1.36. The monoisotopic (exact) mass is 483 g/mol. The van der Waals surface area contributed by atoms with Crippen molar-refractivity contribution in [2.75, 3.05) is 10.2 Å². The third kappa shape index (κ3) is 3.09. The van der Waals surface area contributed by atoms with Crippen LogP contribution in [0.4, 0.5) is 15.8 Å². The van der Waals surface area contributed by atoms with E-state index in [0.29, 0.717) is 40.6 Å². The van der Waals surface area contributed by atoms with Crippen LogP contribution < -0.4 is 10.2 Å². The standard InChI is InChI=1S/C28H22FN3O4/c1-27-12-13-28(36-27,14-22(33)31-18-9-7-17(29)8-10-18)24-23(27)25(34)32(26(24)35)21-11-6-16(15-30)19-4-2-3-5-20(19)21/h2-11,23-24H,12-14H2,1H3,(H,31,33)/t23-,24+,27?,28?/m0/s1. The van der Waals surface area contributed by atoms with Crippen LogP contribution in [0.5, 0.6) is 0 Å². The molecule has 3 fully saturated rings.